The SMILES string of the molecule is CC(C)[C@H](C/C(=N/Nc1ccc([N+](=O)[O-])cc1[N+](=O)[O-])C1CC1)C(=O)O. The molecule has 0 spiro atoms. The standard InChI is InChI=1S/C16H20N4O6/c1-9(2)12(16(21)22)8-14(10-3-4-10)18-17-13-6-5-11(19(23)24)7-15(13)20(25)26/h5-7,9-10,12,17H,3-4,8H2,1-2H3,(H,21,22)/b18-14-/t12-/m0/s1. The van der Waals surface area contributed by atoms with E-state index in [9.17, 15) is 30.1 Å². The van der Waals surface area contributed by atoms with Gasteiger partial charge in [0.05, 0.1) is 21.8 Å². The van der Waals surface area contributed by atoms with E-state index >= 15 is 0 Å². The molecular formula is C16H20N4O6. The van der Waals surface area contributed by atoms with Crippen molar-refractivity contribution in [3.8, 4) is 0 Å². The molecule has 1 atom stereocenters. The predicted molar refractivity (Wildman–Crippen MR) is 94.1 cm³/mol. The highest BCUT2D eigenvalue weighted by Gasteiger charge is 2.33. The van der Waals surface area contributed by atoms with Gasteiger partial charge in [-0.2, -0.15) is 5.10 Å². The van der Waals surface area contributed by atoms with Gasteiger partial charge in [-0.1, -0.05) is 13.8 Å². The first-order chi connectivity index (χ1) is 12.2. The number of carboxylic acids is 1. The van der Waals surface area contributed by atoms with Crippen molar-refractivity contribution in [2.45, 2.75) is 33.1 Å². The summed E-state index contributed by atoms with van der Waals surface area (Å²) in [6.45, 7) is 3.63. The van der Waals surface area contributed by atoms with Gasteiger partial charge < -0.3 is 5.11 Å². The lowest BCUT2D eigenvalue weighted by Gasteiger charge is -2.17. The highest BCUT2D eigenvalue weighted by Crippen LogP contribution is 2.35. The number of anilines is 1. The summed E-state index contributed by atoms with van der Waals surface area (Å²) >= 11 is 0. The number of nitro groups is 2. The average Bonchev–Trinajstić information content (AvgIpc) is 3.38. The smallest absolute Gasteiger partial charge is 0.307 e. The van der Waals surface area contributed by atoms with Crippen molar-refractivity contribution < 1.29 is 19.7 Å². The molecule has 10 nitrogen and oxygen atoms in total. The van der Waals surface area contributed by atoms with E-state index in [1.807, 2.05) is 13.8 Å². The monoisotopic (exact) mass is 364 g/mol. The number of hydrogen-bond acceptors (Lipinski definition) is 7. The Balaban J connectivity index is 2.26. The predicted octanol–water partition coefficient (Wildman–Crippen LogP) is 3.43. The first-order valence-electron chi connectivity index (χ1n) is 8.18. The molecule has 1 aromatic rings. The highest BCUT2D eigenvalue weighted by atomic mass is 16.6. The third kappa shape index (κ3) is 4.74. The van der Waals surface area contributed by atoms with Crippen LogP contribution in [-0.4, -0.2) is 26.6 Å². The first-order valence-corrected chi connectivity index (χ1v) is 8.18. The van der Waals surface area contributed by atoms with Gasteiger partial charge in [0.25, 0.3) is 5.69 Å². The lowest BCUT2D eigenvalue weighted by atomic mass is 9.89. The molecule has 0 amide bonds. The molecule has 1 aromatic carbocycles. The third-order valence-corrected chi connectivity index (χ3v) is 4.31. The normalized spacial score (nSPS) is 15.6. The Bertz CT molecular complexity index is 757. The second-order valence-corrected chi connectivity index (χ2v) is 6.60. The van der Waals surface area contributed by atoms with Gasteiger partial charge in [0.1, 0.15) is 5.69 Å². The number of nitrogens with one attached hydrogen (secondary N) is 1. The second-order valence-electron chi connectivity index (χ2n) is 6.60. The number of nitro benzene ring substituents is 2. The van der Waals surface area contributed by atoms with Crippen molar-refractivity contribution in [2.24, 2.45) is 22.9 Å². The summed E-state index contributed by atoms with van der Waals surface area (Å²) in [5.74, 6) is -1.41. The van der Waals surface area contributed by atoms with Crippen LogP contribution in [0.3, 0.4) is 0 Å². The highest BCUT2D eigenvalue weighted by molar-refractivity contribution is 5.92. The minimum Gasteiger partial charge on any atom is -0.481 e. The Morgan fingerprint density at radius 1 is 1.31 bits per heavy atom. The maximum atomic E-state index is 11.4. The molecule has 1 saturated carbocycles. The Labute approximate surface area is 149 Å². The summed E-state index contributed by atoms with van der Waals surface area (Å²) in [7, 11) is 0. The van der Waals surface area contributed by atoms with E-state index < -0.39 is 27.4 Å². The van der Waals surface area contributed by atoms with Crippen molar-refractivity contribution >= 4 is 28.7 Å². The molecule has 1 aliphatic carbocycles. The number of nitrogens with zero attached hydrogens (tertiary/aromatic N) is 3. The Hall–Kier alpha value is -3.04. The van der Waals surface area contributed by atoms with Gasteiger partial charge in [-0.15, -0.1) is 0 Å². The third-order valence-electron chi connectivity index (χ3n) is 4.31. The van der Waals surface area contributed by atoms with Crippen LogP contribution in [0.15, 0.2) is 23.3 Å². The number of benzene rings is 1. The van der Waals surface area contributed by atoms with Crippen LogP contribution in [0.25, 0.3) is 0 Å². The maximum Gasteiger partial charge on any atom is 0.307 e. The van der Waals surface area contributed by atoms with Crippen molar-refractivity contribution in [3.05, 3.63) is 38.4 Å². The summed E-state index contributed by atoms with van der Waals surface area (Å²) < 4.78 is 0. The molecule has 2 N–H and O–H groups in total. The molecule has 0 heterocycles. The van der Waals surface area contributed by atoms with Gasteiger partial charge in [-0.3, -0.25) is 30.4 Å². The molecule has 0 saturated heterocycles. The quantitative estimate of drug-likeness (QED) is 0.387. The zero-order chi connectivity index (χ0) is 19.4. The Morgan fingerprint density at radius 2 is 1.96 bits per heavy atom. The number of non-ortho nitro benzene ring substituents is 1. The molecule has 0 aromatic heterocycles. The fraction of sp³-hybridized carbons (Fsp3) is 0.500. The zero-order valence-corrected chi connectivity index (χ0v) is 14.4. The summed E-state index contributed by atoms with van der Waals surface area (Å²) in [5, 5.41) is 35.5. The van der Waals surface area contributed by atoms with E-state index in [2.05, 4.69) is 10.5 Å². The Morgan fingerprint density at radius 3 is 2.42 bits per heavy atom. The molecule has 10 heteroatoms. The van der Waals surface area contributed by atoms with E-state index in [0.29, 0.717) is 5.71 Å². The van der Waals surface area contributed by atoms with Gasteiger partial charge in [-0.05, 0) is 30.7 Å². The van der Waals surface area contributed by atoms with Crippen LogP contribution >= 0.6 is 0 Å². The van der Waals surface area contributed by atoms with E-state index in [1.165, 1.54) is 6.07 Å². The molecule has 0 bridgehead atoms. The topological polar surface area (TPSA) is 148 Å². The van der Waals surface area contributed by atoms with Crippen LogP contribution in [0.5, 0.6) is 0 Å². The van der Waals surface area contributed by atoms with E-state index in [4.69, 9.17) is 0 Å². The van der Waals surface area contributed by atoms with Crippen LogP contribution in [-0.2, 0) is 4.79 Å². The molecule has 140 valence electrons. The number of rotatable bonds is 9. The average molecular weight is 364 g/mol. The fourth-order valence-corrected chi connectivity index (χ4v) is 2.56. The summed E-state index contributed by atoms with van der Waals surface area (Å²) in [4.78, 5) is 31.9. The largest absolute Gasteiger partial charge is 0.481 e. The molecule has 0 aliphatic heterocycles. The molecule has 1 aliphatic rings. The first kappa shape index (κ1) is 19.3. The molecule has 0 radical (unpaired) electrons. The van der Waals surface area contributed by atoms with E-state index in [0.717, 1.165) is 25.0 Å². The van der Waals surface area contributed by atoms with Crippen LogP contribution in [0, 0.1) is 38.0 Å². The molecule has 0 unspecified atom stereocenters. The summed E-state index contributed by atoms with van der Waals surface area (Å²) in [6.07, 6.45) is 2.05. The zero-order valence-electron chi connectivity index (χ0n) is 14.4. The minimum atomic E-state index is -0.908. The van der Waals surface area contributed by atoms with Crippen molar-refractivity contribution in [1.82, 2.24) is 0 Å². The summed E-state index contributed by atoms with van der Waals surface area (Å²) in [5.41, 5.74) is 2.42. The lowest BCUT2D eigenvalue weighted by molar-refractivity contribution is -0.393. The van der Waals surface area contributed by atoms with Crippen LogP contribution in [0.2, 0.25) is 0 Å². The number of carbonyl (C=O) groups is 1. The van der Waals surface area contributed by atoms with Gasteiger partial charge in [0.15, 0.2) is 0 Å². The lowest BCUT2D eigenvalue weighted by Crippen LogP contribution is -2.24. The van der Waals surface area contributed by atoms with Gasteiger partial charge in [0, 0.05) is 18.2 Å². The minimum absolute atomic E-state index is 0.0233. The molecular weight excluding hydrogens is 344 g/mol. The fourth-order valence-electron chi connectivity index (χ4n) is 2.56. The van der Waals surface area contributed by atoms with Crippen LogP contribution < -0.4 is 5.43 Å². The number of hydrazone groups is 1. The summed E-state index contributed by atoms with van der Waals surface area (Å²) in [6, 6.07) is 3.24. The van der Waals surface area contributed by atoms with Gasteiger partial charge >= 0.3 is 11.7 Å². The van der Waals surface area contributed by atoms with Crippen LogP contribution in [0.4, 0.5) is 17.1 Å². The number of aliphatic carboxylic acids is 1. The van der Waals surface area contributed by atoms with Crippen molar-refractivity contribution in [1.29, 1.82) is 0 Å². The number of carboxylic acid groups (broad SMARTS) is 1. The molecule has 1 fully saturated rings. The molecule has 2 rings (SSSR count). The number of hydrogen-bond donors (Lipinski definition) is 2. The van der Waals surface area contributed by atoms with E-state index in [-0.39, 0.29) is 29.6 Å². The second kappa shape index (κ2) is 7.89. The Kier molecular flexibility index (Phi) is 5.86. The van der Waals surface area contributed by atoms with Crippen molar-refractivity contribution in [2.75, 3.05) is 5.43 Å². The van der Waals surface area contributed by atoms with Gasteiger partial charge in [-0.25, -0.2) is 0 Å². The van der Waals surface area contributed by atoms with Crippen LogP contribution in [0.1, 0.15) is 33.1 Å². The maximum absolute atomic E-state index is 11.4. The molecule has 26 heavy (non-hydrogen) atoms. The van der Waals surface area contributed by atoms with Crippen molar-refractivity contribution in [3.63, 3.8) is 0 Å². The van der Waals surface area contributed by atoms with Gasteiger partial charge in [0.2, 0.25) is 0 Å². The van der Waals surface area contributed by atoms with E-state index in [1.54, 1.807) is 0 Å².